The molecule has 0 saturated carbocycles. The molecular formula is C13H15BrClN3O. The standard InChI is InChI=1S/C13H15BrClN3O/c1-8-12(14)11(18(2)17-8)7-19-13-9(6-16)4-3-5-10(13)15/h3-5H,6-7,16H2,1-2H3. The highest BCUT2D eigenvalue weighted by Crippen LogP contribution is 2.30. The first-order valence-corrected chi connectivity index (χ1v) is 7.00. The van der Waals surface area contributed by atoms with Gasteiger partial charge in [-0.1, -0.05) is 23.7 Å². The molecule has 0 radical (unpaired) electrons. The minimum absolute atomic E-state index is 0.384. The number of aryl methyl sites for hydroxylation is 2. The second-order valence-electron chi connectivity index (χ2n) is 4.19. The van der Waals surface area contributed by atoms with E-state index >= 15 is 0 Å². The lowest BCUT2D eigenvalue weighted by molar-refractivity contribution is 0.291. The number of para-hydroxylation sites is 1. The third kappa shape index (κ3) is 2.94. The molecule has 0 atom stereocenters. The Kier molecular flexibility index (Phi) is 4.50. The van der Waals surface area contributed by atoms with Crippen LogP contribution in [0, 0.1) is 6.92 Å². The third-order valence-corrected chi connectivity index (χ3v) is 4.21. The molecule has 0 aliphatic carbocycles. The summed E-state index contributed by atoms with van der Waals surface area (Å²) in [5.41, 5.74) is 8.47. The fraction of sp³-hybridized carbons (Fsp3) is 0.308. The molecule has 1 aromatic heterocycles. The van der Waals surface area contributed by atoms with Crippen LogP contribution in [0.2, 0.25) is 5.02 Å². The van der Waals surface area contributed by atoms with Gasteiger partial charge in [0.15, 0.2) is 0 Å². The molecule has 4 nitrogen and oxygen atoms in total. The first-order valence-electron chi connectivity index (χ1n) is 5.82. The van der Waals surface area contributed by atoms with Gasteiger partial charge in [0.2, 0.25) is 0 Å². The molecule has 0 unspecified atom stereocenters. The second kappa shape index (κ2) is 5.94. The smallest absolute Gasteiger partial charge is 0.142 e. The Labute approximate surface area is 125 Å². The van der Waals surface area contributed by atoms with Crippen LogP contribution in [0.5, 0.6) is 5.75 Å². The van der Waals surface area contributed by atoms with E-state index in [0.29, 0.717) is 23.9 Å². The van der Waals surface area contributed by atoms with E-state index in [1.165, 1.54) is 0 Å². The zero-order chi connectivity index (χ0) is 14.0. The van der Waals surface area contributed by atoms with E-state index < -0.39 is 0 Å². The monoisotopic (exact) mass is 343 g/mol. The van der Waals surface area contributed by atoms with Crippen molar-refractivity contribution in [3.8, 4) is 5.75 Å². The van der Waals surface area contributed by atoms with Crippen molar-refractivity contribution in [2.45, 2.75) is 20.1 Å². The van der Waals surface area contributed by atoms with Crippen molar-refractivity contribution in [3.05, 3.63) is 44.6 Å². The summed E-state index contributed by atoms with van der Waals surface area (Å²) < 4.78 is 8.56. The highest BCUT2D eigenvalue weighted by atomic mass is 79.9. The van der Waals surface area contributed by atoms with E-state index in [1.807, 2.05) is 26.1 Å². The predicted octanol–water partition coefficient (Wildman–Crippen LogP) is 3.18. The van der Waals surface area contributed by atoms with E-state index in [2.05, 4.69) is 21.0 Å². The van der Waals surface area contributed by atoms with Crippen LogP contribution in [0.3, 0.4) is 0 Å². The van der Waals surface area contributed by atoms with E-state index in [0.717, 1.165) is 21.4 Å². The third-order valence-electron chi connectivity index (χ3n) is 2.88. The molecule has 0 aliphatic rings. The fourth-order valence-corrected chi connectivity index (χ4v) is 2.55. The molecule has 6 heteroatoms. The van der Waals surface area contributed by atoms with Gasteiger partial charge in [-0.3, -0.25) is 4.68 Å². The number of benzene rings is 1. The van der Waals surface area contributed by atoms with Crippen LogP contribution in [0.25, 0.3) is 0 Å². The van der Waals surface area contributed by atoms with Gasteiger partial charge >= 0.3 is 0 Å². The van der Waals surface area contributed by atoms with Gasteiger partial charge in [0.05, 0.1) is 20.9 Å². The van der Waals surface area contributed by atoms with Crippen molar-refractivity contribution in [1.82, 2.24) is 9.78 Å². The Morgan fingerprint density at radius 3 is 2.79 bits per heavy atom. The normalized spacial score (nSPS) is 10.8. The van der Waals surface area contributed by atoms with Crippen molar-refractivity contribution in [1.29, 1.82) is 0 Å². The SMILES string of the molecule is Cc1nn(C)c(COc2c(Cl)cccc2CN)c1Br. The summed E-state index contributed by atoms with van der Waals surface area (Å²) in [5, 5.41) is 4.89. The molecule has 2 rings (SSSR count). The first kappa shape index (κ1) is 14.4. The molecule has 0 saturated heterocycles. The molecule has 102 valence electrons. The summed E-state index contributed by atoms with van der Waals surface area (Å²) >= 11 is 9.65. The van der Waals surface area contributed by atoms with E-state index in [4.69, 9.17) is 22.1 Å². The van der Waals surface area contributed by atoms with Crippen LogP contribution in [0.4, 0.5) is 0 Å². The zero-order valence-electron chi connectivity index (χ0n) is 10.8. The van der Waals surface area contributed by atoms with Crippen LogP contribution in [0.1, 0.15) is 17.0 Å². The number of halogens is 2. The summed E-state index contributed by atoms with van der Waals surface area (Å²) in [5.74, 6) is 0.636. The molecule has 1 heterocycles. The van der Waals surface area contributed by atoms with Crippen LogP contribution >= 0.6 is 27.5 Å². The molecule has 2 N–H and O–H groups in total. The number of nitrogens with two attached hydrogens (primary N) is 1. The van der Waals surface area contributed by atoms with Crippen LogP contribution in [0.15, 0.2) is 22.7 Å². The van der Waals surface area contributed by atoms with E-state index in [-0.39, 0.29) is 0 Å². The lowest BCUT2D eigenvalue weighted by atomic mass is 10.2. The van der Waals surface area contributed by atoms with Gasteiger partial charge in [-0.05, 0) is 28.9 Å². The topological polar surface area (TPSA) is 53.1 Å². The van der Waals surface area contributed by atoms with Crippen molar-refractivity contribution in [2.24, 2.45) is 12.8 Å². The number of ether oxygens (including phenoxy) is 1. The summed E-state index contributed by atoms with van der Waals surface area (Å²) in [6.07, 6.45) is 0. The van der Waals surface area contributed by atoms with Crippen molar-refractivity contribution < 1.29 is 4.74 Å². The van der Waals surface area contributed by atoms with Gasteiger partial charge in [-0.15, -0.1) is 0 Å². The minimum Gasteiger partial charge on any atom is -0.485 e. The molecule has 19 heavy (non-hydrogen) atoms. The highest BCUT2D eigenvalue weighted by Gasteiger charge is 2.13. The average Bonchev–Trinajstić information content (AvgIpc) is 2.62. The molecule has 0 fully saturated rings. The minimum atomic E-state index is 0.384. The maximum Gasteiger partial charge on any atom is 0.142 e. The van der Waals surface area contributed by atoms with Gasteiger partial charge < -0.3 is 10.5 Å². The van der Waals surface area contributed by atoms with Gasteiger partial charge in [-0.2, -0.15) is 5.10 Å². The molecule has 0 aliphatic heterocycles. The summed E-state index contributed by atoms with van der Waals surface area (Å²) in [6.45, 7) is 2.71. The molecule has 0 amide bonds. The van der Waals surface area contributed by atoms with Gasteiger partial charge in [0.25, 0.3) is 0 Å². The Morgan fingerprint density at radius 1 is 1.47 bits per heavy atom. The predicted molar refractivity (Wildman–Crippen MR) is 79.3 cm³/mol. The number of nitrogens with zero attached hydrogens (tertiary/aromatic N) is 2. The highest BCUT2D eigenvalue weighted by molar-refractivity contribution is 9.10. The van der Waals surface area contributed by atoms with Gasteiger partial charge in [0, 0.05) is 19.2 Å². The number of rotatable bonds is 4. The molecular weight excluding hydrogens is 330 g/mol. The van der Waals surface area contributed by atoms with Crippen molar-refractivity contribution in [3.63, 3.8) is 0 Å². The Hall–Kier alpha value is -1.04. The Bertz CT molecular complexity index is 598. The largest absolute Gasteiger partial charge is 0.485 e. The zero-order valence-corrected chi connectivity index (χ0v) is 13.1. The molecule has 1 aromatic carbocycles. The summed E-state index contributed by atoms with van der Waals surface area (Å²) in [6, 6.07) is 5.56. The Balaban J connectivity index is 2.24. The maximum atomic E-state index is 6.14. The number of hydrogen-bond donors (Lipinski definition) is 1. The Morgan fingerprint density at radius 2 is 2.21 bits per heavy atom. The van der Waals surface area contributed by atoms with E-state index in [1.54, 1.807) is 10.7 Å². The van der Waals surface area contributed by atoms with E-state index in [9.17, 15) is 0 Å². The quantitative estimate of drug-likeness (QED) is 0.927. The van der Waals surface area contributed by atoms with Gasteiger partial charge in [-0.25, -0.2) is 0 Å². The first-order chi connectivity index (χ1) is 9.04. The molecule has 0 spiro atoms. The van der Waals surface area contributed by atoms with Crippen LogP contribution < -0.4 is 10.5 Å². The number of hydrogen-bond acceptors (Lipinski definition) is 3. The van der Waals surface area contributed by atoms with Crippen molar-refractivity contribution >= 4 is 27.5 Å². The average molecular weight is 345 g/mol. The van der Waals surface area contributed by atoms with Crippen LogP contribution in [-0.2, 0) is 20.2 Å². The lowest BCUT2D eigenvalue weighted by Gasteiger charge is -2.12. The number of aromatic nitrogens is 2. The fourth-order valence-electron chi connectivity index (χ4n) is 1.85. The maximum absolute atomic E-state index is 6.14. The van der Waals surface area contributed by atoms with Crippen LogP contribution in [-0.4, -0.2) is 9.78 Å². The molecule has 2 aromatic rings. The molecule has 0 bridgehead atoms. The summed E-state index contributed by atoms with van der Waals surface area (Å²) in [7, 11) is 1.88. The summed E-state index contributed by atoms with van der Waals surface area (Å²) in [4.78, 5) is 0. The van der Waals surface area contributed by atoms with Crippen molar-refractivity contribution in [2.75, 3.05) is 0 Å². The second-order valence-corrected chi connectivity index (χ2v) is 5.39. The van der Waals surface area contributed by atoms with Gasteiger partial charge in [0.1, 0.15) is 12.4 Å². The lowest BCUT2D eigenvalue weighted by Crippen LogP contribution is -2.07.